The highest BCUT2D eigenvalue weighted by atomic mass is 15.2. The lowest BCUT2D eigenvalue weighted by Gasteiger charge is -2.32. The van der Waals surface area contributed by atoms with Crippen LogP contribution in [0, 0.1) is 0 Å². The van der Waals surface area contributed by atoms with Gasteiger partial charge in [0.1, 0.15) is 0 Å². The normalized spacial score (nSPS) is 25.4. The van der Waals surface area contributed by atoms with E-state index in [0.717, 1.165) is 19.5 Å². The van der Waals surface area contributed by atoms with Crippen LogP contribution >= 0.6 is 0 Å². The lowest BCUT2D eigenvalue weighted by Crippen LogP contribution is -2.45. The molecule has 1 atom stereocenters. The van der Waals surface area contributed by atoms with E-state index in [-0.39, 0.29) is 6.04 Å². The molecule has 0 amide bonds. The van der Waals surface area contributed by atoms with Gasteiger partial charge in [-0.25, -0.2) is 0 Å². The second-order valence-corrected chi connectivity index (χ2v) is 6.47. The van der Waals surface area contributed by atoms with Gasteiger partial charge >= 0.3 is 0 Å². The first kappa shape index (κ1) is 14.1. The van der Waals surface area contributed by atoms with E-state index in [1.807, 2.05) is 0 Å². The molecule has 0 radical (unpaired) electrons. The summed E-state index contributed by atoms with van der Waals surface area (Å²) in [6.45, 7) is 7.08. The van der Waals surface area contributed by atoms with E-state index < -0.39 is 0 Å². The summed E-state index contributed by atoms with van der Waals surface area (Å²) in [5.74, 6) is 0. The smallest absolute Gasteiger partial charge is 0.0347 e. The highest BCUT2D eigenvalue weighted by Gasteiger charge is 2.18. The molecule has 4 heteroatoms. The Morgan fingerprint density at radius 2 is 1.90 bits per heavy atom. The fourth-order valence-electron chi connectivity index (χ4n) is 3.41. The number of fused-ring (bicyclic) bond motifs is 1. The summed E-state index contributed by atoms with van der Waals surface area (Å²) in [4.78, 5) is 4.98. The molecule has 4 nitrogen and oxygen atoms in total. The fourth-order valence-corrected chi connectivity index (χ4v) is 3.41. The van der Waals surface area contributed by atoms with E-state index in [0.29, 0.717) is 0 Å². The largest absolute Gasteiger partial charge is 0.352 e. The molecule has 0 bridgehead atoms. The van der Waals surface area contributed by atoms with E-state index in [4.69, 9.17) is 5.73 Å². The van der Waals surface area contributed by atoms with Crippen LogP contribution in [0.15, 0.2) is 12.4 Å². The number of likely N-dealkylation sites (N-methyl/N-ethyl adjacent to an activating group) is 1. The molecule has 20 heavy (non-hydrogen) atoms. The minimum atomic E-state index is 0.261. The van der Waals surface area contributed by atoms with Crippen molar-refractivity contribution in [1.82, 2.24) is 14.4 Å². The molecule has 1 fully saturated rings. The highest BCUT2D eigenvalue weighted by molar-refractivity contribution is 5.28. The van der Waals surface area contributed by atoms with Crippen molar-refractivity contribution in [3.05, 3.63) is 23.5 Å². The van der Waals surface area contributed by atoms with Crippen molar-refractivity contribution in [3.63, 3.8) is 0 Å². The minimum Gasteiger partial charge on any atom is -0.352 e. The molecule has 2 N–H and O–H groups in total. The summed E-state index contributed by atoms with van der Waals surface area (Å²) in [5.41, 5.74) is 9.18. The quantitative estimate of drug-likeness (QED) is 0.849. The maximum absolute atomic E-state index is 6.28. The number of hydrogen-bond acceptors (Lipinski definition) is 3. The van der Waals surface area contributed by atoms with Gasteiger partial charge in [0.15, 0.2) is 0 Å². The van der Waals surface area contributed by atoms with Crippen molar-refractivity contribution in [2.75, 3.05) is 39.8 Å². The third-order valence-electron chi connectivity index (χ3n) is 4.88. The number of aryl methyl sites for hydroxylation is 1. The molecule has 1 aliphatic heterocycles. The third kappa shape index (κ3) is 3.25. The Hall–Kier alpha value is -0.840. The lowest BCUT2D eigenvalue weighted by atomic mass is 10.1. The van der Waals surface area contributed by atoms with Crippen molar-refractivity contribution in [2.24, 2.45) is 5.73 Å². The Kier molecular flexibility index (Phi) is 4.44. The molecule has 1 aliphatic carbocycles. The minimum absolute atomic E-state index is 0.261. The van der Waals surface area contributed by atoms with E-state index in [1.165, 1.54) is 56.6 Å². The first-order valence-corrected chi connectivity index (χ1v) is 8.07. The zero-order chi connectivity index (χ0) is 13.9. The number of nitrogens with two attached hydrogens (primary N) is 1. The number of aromatic nitrogens is 1. The van der Waals surface area contributed by atoms with Gasteiger partial charge in [0, 0.05) is 57.7 Å². The molecule has 1 aromatic rings. The van der Waals surface area contributed by atoms with E-state index in [9.17, 15) is 0 Å². The van der Waals surface area contributed by atoms with E-state index in [2.05, 4.69) is 33.8 Å². The van der Waals surface area contributed by atoms with Gasteiger partial charge in [-0.1, -0.05) is 6.42 Å². The molecule has 0 aromatic carbocycles. The highest BCUT2D eigenvalue weighted by Crippen LogP contribution is 2.27. The van der Waals surface area contributed by atoms with Crippen LogP contribution < -0.4 is 5.73 Å². The van der Waals surface area contributed by atoms with Crippen molar-refractivity contribution in [1.29, 1.82) is 0 Å². The van der Waals surface area contributed by atoms with Crippen LogP contribution in [-0.4, -0.2) is 54.1 Å². The predicted molar refractivity (Wildman–Crippen MR) is 82.9 cm³/mol. The zero-order valence-corrected chi connectivity index (χ0v) is 12.7. The second kappa shape index (κ2) is 6.29. The monoisotopic (exact) mass is 276 g/mol. The topological polar surface area (TPSA) is 37.4 Å². The van der Waals surface area contributed by atoms with Crippen LogP contribution in [0.25, 0.3) is 0 Å². The van der Waals surface area contributed by atoms with E-state index >= 15 is 0 Å². The molecular formula is C16H28N4. The van der Waals surface area contributed by atoms with Crippen molar-refractivity contribution < 1.29 is 0 Å². The van der Waals surface area contributed by atoms with Gasteiger partial charge in [-0.2, -0.15) is 0 Å². The summed E-state index contributed by atoms with van der Waals surface area (Å²) in [6, 6.07) is 0.261. The Balaban J connectivity index is 1.57. The first-order valence-electron chi connectivity index (χ1n) is 8.07. The van der Waals surface area contributed by atoms with Crippen LogP contribution in [0.1, 0.15) is 36.4 Å². The molecule has 1 aromatic heterocycles. The molecule has 1 unspecified atom stereocenters. The van der Waals surface area contributed by atoms with Crippen molar-refractivity contribution in [3.8, 4) is 0 Å². The molecule has 3 rings (SSSR count). The SMILES string of the molecule is CN1CCN(CCn2cc3c(c2)C(N)CCCC3)CC1. The Morgan fingerprint density at radius 3 is 2.70 bits per heavy atom. The Bertz CT molecular complexity index is 432. The van der Waals surface area contributed by atoms with Crippen molar-refractivity contribution >= 4 is 0 Å². The molecule has 2 aliphatic rings. The van der Waals surface area contributed by atoms with Gasteiger partial charge in [0.05, 0.1) is 0 Å². The van der Waals surface area contributed by atoms with E-state index in [1.54, 1.807) is 0 Å². The van der Waals surface area contributed by atoms with Crippen LogP contribution in [0.2, 0.25) is 0 Å². The Labute approximate surface area is 122 Å². The van der Waals surface area contributed by atoms with Gasteiger partial charge in [0.2, 0.25) is 0 Å². The number of rotatable bonds is 3. The Morgan fingerprint density at radius 1 is 1.10 bits per heavy atom. The predicted octanol–water partition coefficient (Wildman–Crippen LogP) is 1.46. The number of piperazine rings is 1. The molecular weight excluding hydrogens is 248 g/mol. The summed E-state index contributed by atoms with van der Waals surface area (Å²) in [5, 5.41) is 0. The van der Waals surface area contributed by atoms with Gasteiger partial charge in [-0.15, -0.1) is 0 Å². The van der Waals surface area contributed by atoms with Crippen molar-refractivity contribution in [2.45, 2.75) is 38.3 Å². The maximum Gasteiger partial charge on any atom is 0.0347 e. The van der Waals surface area contributed by atoms with Crippen LogP contribution in [0.3, 0.4) is 0 Å². The molecule has 1 saturated heterocycles. The number of nitrogens with zero attached hydrogens (tertiary/aromatic N) is 3. The third-order valence-corrected chi connectivity index (χ3v) is 4.88. The average molecular weight is 276 g/mol. The summed E-state index contributed by atoms with van der Waals surface area (Å²) >= 11 is 0. The second-order valence-electron chi connectivity index (χ2n) is 6.47. The zero-order valence-electron chi connectivity index (χ0n) is 12.7. The summed E-state index contributed by atoms with van der Waals surface area (Å²) in [7, 11) is 2.21. The lowest BCUT2D eigenvalue weighted by molar-refractivity contribution is 0.150. The van der Waals surface area contributed by atoms with Crippen LogP contribution in [-0.2, 0) is 13.0 Å². The van der Waals surface area contributed by atoms with Gasteiger partial charge in [-0.3, -0.25) is 4.90 Å². The maximum atomic E-state index is 6.28. The fraction of sp³-hybridized carbons (Fsp3) is 0.750. The van der Waals surface area contributed by atoms with Gasteiger partial charge in [-0.05, 0) is 37.4 Å². The van der Waals surface area contributed by atoms with Crippen LogP contribution in [0.5, 0.6) is 0 Å². The molecule has 2 heterocycles. The van der Waals surface area contributed by atoms with Gasteiger partial charge in [0.25, 0.3) is 0 Å². The summed E-state index contributed by atoms with van der Waals surface area (Å²) < 4.78 is 2.37. The first-order chi connectivity index (χ1) is 9.72. The summed E-state index contributed by atoms with van der Waals surface area (Å²) in [6.07, 6.45) is 9.58. The molecule has 0 spiro atoms. The standard InChI is InChI=1S/C16H28N4/c1-18-6-8-19(9-7-18)10-11-20-12-14-4-2-3-5-16(17)15(14)13-20/h12-13,16H,2-11,17H2,1H3. The molecule has 112 valence electrons. The number of hydrogen-bond donors (Lipinski definition) is 1. The average Bonchev–Trinajstić information content (AvgIpc) is 2.79. The van der Waals surface area contributed by atoms with Gasteiger partial charge < -0.3 is 15.2 Å². The van der Waals surface area contributed by atoms with Crippen LogP contribution in [0.4, 0.5) is 0 Å². The molecule has 0 saturated carbocycles.